The van der Waals surface area contributed by atoms with Gasteiger partial charge in [-0.05, 0) is 31.2 Å². The number of nitrogens with one attached hydrogen (secondary N) is 1. The molecule has 116 valence electrons. The Kier molecular flexibility index (Phi) is 6.50. The first-order valence-corrected chi connectivity index (χ1v) is 7.60. The van der Waals surface area contributed by atoms with Crippen LogP contribution < -0.4 is 5.48 Å². The number of nitrogens with zero attached hydrogens (tertiary/aromatic N) is 1. The lowest BCUT2D eigenvalue weighted by Crippen LogP contribution is -2.41. The third kappa shape index (κ3) is 5.36. The highest BCUT2D eigenvalue weighted by molar-refractivity contribution is 5.67. The van der Waals surface area contributed by atoms with Crippen LogP contribution in [0.5, 0.6) is 0 Å². The van der Waals surface area contributed by atoms with Crippen LogP contribution >= 0.6 is 0 Å². The topological polar surface area (TPSA) is 50.8 Å². The third-order valence-corrected chi connectivity index (χ3v) is 3.70. The van der Waals surface area contributed by atoms with Crippen molar-refractivity contribution >= 4 is 6.09 Å². The fraction of sp³-hybridized carbons (Fsp3) is 0.562. The number of ether oxygens (including phenoxy) is 1. The van der Waals surface area contributed by atoms with Crippen molar-refractivity contribution in [2.75, 3.05) is 26.2 Å². The number of hydrogen-bond donors (Lipinski definition) is 1. The largest absolute Gasteiger partial charge is 0.445 e. The van der Waals surface area contributed by atoms with E-state index in [2.05, 4.69) is 5.48 Å². The molecule has 0 spiro atoms. The van der Waals surface area contributed by atoms with Gasteiger partial charge in [0, 0.05) is 19.6 Å². The van der Waals surface area contributed by atoms with Crippen LogP contribution in [0.25, 0.3) is 0 Å². The average Bonchev–Trinajstić information content (AvgIpc) is 2.54. The molecule has 0 bridgehead atoms. The van der Waals surface area contributed by atoms with E-state index >= 15 is 0 Å². The Labute approximate surface area is 126 Å². The van der Waals surface area contributed by atoms with Gasteiger partial charge in [0.25, 0.3) is 0 Å². The SMILES string of the molecule is CCONCC1CCN(C(=O)OCc2ccccc2)CC1. The second-order valence-corrected chi connectivity index (χ2v) is 5.25. The van der Waals surface area contributed by atoms with Gasteiger partial charge in [0.15, 0.2) is 0 Å². The van der Waals surface area contributed by atoms with E-state index in [0.29, 0.717) is 19.1 Å². The molecule has 1 aliphatic heterocycles. The minimum Gasteiger partial charge on any atom is -0.445 e. The van der Waals surface area contributed by atoms with Gasteiger partial charge in [-0.1, -0.05) is 30.3 Å². The first kappa shape index (κ1) is 15.8. The monoisotopic (exact) mass is 292 g/mol. The molecule has 0 saturated carbocycles. The van der Waals surface area contributed by atoms with Crippen molar-refractivity contribution in [3.63, 3.8) is 0 Å². The molecule has 5 nitrogen and oxygen atoms in total. The Morgan fingerprint density at radius 2 is 2.00 bits per heavy atom. The van der Waals surface area contributed by atoms with Crippen molar-refractivity contribution in [1.29, 1.82) is 0 Å². The maximum absolute atomic E-state index is 12.0. The molecule has 1 fully saturated rings. The Morgan fingerprint density at radius 1 is 1.29 bits per heavy atom. The molecule has 1 aliphatic rings. The van der Waals surface area contributed by atoms with E-state index in [0.717, 1.165) is 38.0 Å². The summed E-state index contributed by atoms with van der Waals surface area (Å²) in [6, 6.07) is 9.75. The third-order valence-electron chi connectivity index (χ3n) is 3.70. The van der Waals surface area contributed by atoms with Gasteiger partial charge in [0.2, 0.25) is 0 Å². The van der Waals surface area contributed by atoms with E-state index in [1.165, 1.54) is 0 Å². The molecule has 0 aromatic heterocycles. The maximum Gasteiger partial charge on any atom is 0.410 e. The molecule has 1 amide bonds. The molecule has 0 aliphatic carbocycles. The van der Waals surface area contributed by atoms with Crippen LogP contribution in [0.3, 0.4) is 0 Å². The summed E-state index contributed by atoms with van der Waals surface area (Å²) < 4.78 is 5.35. The van der Waals surface area contributed by atoms with Crippen LogP contribution in [-0.4, -0.2) is 37.2 Å². The number of carbonyl (C=O) groups excluding carboxylic acids is 1. The lowest BCUT2D eigenvalue weighted by Gasteiger charge is -2.31. The summed E-state index contributed by atoms with van der Waals surface area (Å²) in [7, 11) is 0. The van der Waals surface area contributed by atoms with Crippen LogP contribution in [0.15, 0.2) is 30.3 Å². The molecule has 5 heteroatoms. The minimum absolute atomic E-state index is 0.213. The van der Waals surface area contributed by atoms with E-state index in [-0.39, 0.29) is 6.09 Å². The zero-order valence-electron chi connectivity index (χ0n) is 12.6. The van der Waals surface area contributed by atoms with Gasteiger partial charge in [-0.3, -0.25) is 0 Å². The molecule has 1 aromatic rings. The predicted molar refractivity (Wildman–Crippen MR) is 80.6 cm³/mol. The zero-order valence-corrected chi connectivity index (χ0v) is 12.6. The fourth-order valence-corrected chi connectivity index (χ4v) is 2.41. The van der Waals surface area contributed by atoms with Gasteiger partial charge in [-0.2, -0.15) is 0 Å². The maximum atomic E-state index is 12.0. The van der Waals surface area contributed by atoms with Crippen LogP contribution in [-0.2, 0) is 16.2 Å². The number of carbonyl (C=O) groups is 1. The second kappa shape index (κ2) is 8.64. The highest BCUT2D eigenvalue weighted by Gasteiger charge is 2.23. The van der Waals surface area contributed by atoms with E-state index in [1.54, 1.807) is 4.90 Å². The van der Waals surface area contributed by atoms with Gasteiger partial charge >= 0.3 is 6.09 Å². The standard InChI is InChI=1S/C16H24N2O3/c1-2-21-17-12-14-8-10-18(11-9-14)16(19)20-13-15-6-4-3-5-7-15/h3-7,14,17H,2,8-13H2,1H3. The Bertz CT molecular complexity index is 417. The van der Waals surface area contributed by atoms with Gasteiger partial charge in [0.05, 0.1) is 6.61 Å². The molecule has 0 atom stereocenters. The number of piperidine rings is 1. The summed E-state index contributed by atoms with van der Waals surface area (Å²) in [5.74, 6) is 0.565. The average molecular weight is 292 g/mol. The van der Waals surface area contributed by atoms with Crippen molar-refractivity contribution in [3.8, 4) is 0 Å². The van der Waals surface area contributed by atoms with Crippen molar-refractivity contribution in [1.82, 2.24) is 10.4 Å². The van der Waals surface area contributed by atoms with Gasteiger partial charge in [-0.25, -0.2) is 10.3 Å². The van der Waals surface area contributed by atoms with Crippen LogP contribution in [0.2, 0.25) is 0 Å². The molecule has 21 heavy (non-hydrogen) atoms. The number of likely N-dealkylation sites (tertiary alicyclic amines) is 1. The number of benzene rings is 1. The van der Waals surface area contributed by atoms with Crippen molar-refractivity contribution in [2.24, 2.45) is 5.92 Å². The summed E-state index contributed by atoms with van der Waals surface area (Å²) >= 11 is 0. The highest BCUT2D eigenvalue weighted by atomic mass is 16.6. The Hall–Kier alpha value is -1.59. The quantitative estimate of drug-likeness (QED) is 0.647. The van der Waals surface area contributed by atoms with Gasteiger partial charge in [0.1, 0.15) is 6.61 Å². The highest BCUT2D eigenvalue weighted by Crippen LogP contribution is 2.17. The van der Waals surface area contributed by atoms with Gasteiger partial charge < -0.3 is 14.5 Å². The summed E-state index contributed by atoms with van der Waals surface area (Å²) in [6.07, 6.45) is 1.76. The second-order valence-electron chi connectivity index (χ2n) is 5.25. The summed E-state index contributed by atoms with van der Waals surface area (Å²) in [5, 5.41) is 0. The lowest BCUT2D eigenvalue weighted by atomic mass is 9.97. The first-order valence-electron chi connectivity index (χ1n) is 7.60. The summed E-state index contributed by atoms with van der Waals surface area (Å²) in [4.78, 5) is 18.9. The molecule has 1 N–H and O–H groups in total. The molecule has 1 aromatic carbocycles. The Morgan fingerprint density at radius 3 is 2.67 bits per heavy atom. The number of rotatable bonds is 6. The molecule has 1 saturated heterocycles. The van der Waals surface area contributed by atoms with Crippen molar-refractivity contribution in [3.05, 3.63) is 35.9 Å². The first-order chi connectivity index (χ1) is 10.3. The van der Waals surface area contributed by atoms with E-state index < -0.39 is 0 Å². The lowest BCUT2D eigenvalue weighted by molar-refractivity contribution is 0.0313. The molecular formula is C16H24N2O3. The van der Waals surface area contributed by atoms with Crippen molar-refractivity contribution in [2.45, 2.75) is 26.4 Å². The molecule has 1 heterocycles. The van der Waals surface area contributed by atoms with E-state index in [9.17, 15) is 4.79 Å². The summed E-state index contributed by atoms with van der Waals surface area (Å²) in [5.41, 5.74) is 3.98. The predicted octanol–water partition coefficient (Wildman–Crippen LogP) is 2.58. The van der Waals surface area contributed by atoms with Crippen LogP contribution in [0.4, 0.5) is 4.79 Å². The van der Waals surface area contributed by atoms with Crippen LogP contribution in [0.1, 0.15) is 25.3 Å². The number of hydroxylamine groups is 1. The zero-order chi connectivity index (χ0) is 14.9. The van der Waals surface area contributed by atoms with E-state index in [4.69, 9.17) is 9.57 Å². The Balaban J connectivity index is 1.66. The van der Waals surface area contributed by atoms with Gasteiger partial charge in [-0.15, -0.1) is 0 Å². The minimum atomic E-state index is -0.213. The molecule has 0 radical (unpaired) electrons. The smallest absolute Gasteiger partial charge is 0.410 e. The summed E-state index contributed by atoms with van der Waals surface area (Å²) in [6.45, 7) is 5.33. The molecular weight excluding hydrogens is 268 g/mol. The molecule has 2 rings (SSSR count). The fourth-order valence-electron chi connectivity index (χ4n) is 2.41. The number of hydrogen-bond acceptors (Lipinski definition) is 4. The molecule has 0 unspecified atom stereocenters. The van der Waals surface area contributed by atoms with Crippen molar-refractivity contribution < 1.29 is 14.4 Å². The van der Waals surface area contributed by atoms with E-state index in [1.807, 2.05) is 37.3 Å². The normalized spacial score (nSPS) is 16.0. The number of amides is 1. The van der Waals surface area contributed by atoms with Crippen LogP contribution in [0, 0.1) is 5.92 Å².